The standard InChI is InChI=1S/C4H6NO/c1-2-3-5-4-6/h2-3H,1H3,(H,5,6)/b3-2-. The second-order valence-corrected chi connectivity index (χ2v) is 0.746. The Morgan fingerprint density at radius 2 is 2.50 bits per heavy atom. The lowest BCUT2D eigenvalue weighted by atomic mass is 10.7. The summed E-state index contributed by atoms with van der Waals surface area (Å²) >= 11 is 0. The molecule has 1 N–H and O–H groups in total. The Bertz CT molecular complexity index is 58.6. The minimum absolute atomic E-state index is 1.48. The van der Waals surface area contributed by atoms with Gasteiger partial charge in [0.05, 0.1) is 0 Å². The van der Waals surface area contributed by atoms with E-state index in [1.807, 2.05) is 6.92 Å². The van der Waals surface area contributed by atoms with Crippen LogP contribution in [0.5, 0.6) is 0 Å². The highest BCUT2D eigenvalue weighted by Crippen LogP contribution is 1.54. The molecular weight excluding hydrogens is 78.0 g/mol. The third kappa shape index (κ3) is 3.21. The van der Waals surface area contributed by atoms with E-state index in [1.165, 1.54) is 12.6 Å². The monoisotopic (exact) mass is 84.0 g/mol. The number of nitrogens with one attached hydrogen (secondary N) is 1. The SMILES string of the molecule is C/C=C\N[C]=O. The Kier molecular flexibility index (Phi) is 3.66. The summed E-state index contributed by atoms with van der Waals surface area (Å²) in [7, 11) is 0. The molecule has 0 aliphatic carbocycles. The van der Waals surface area contributed by atoms with E-state index in [0.717, 1.165) is 0 Å². The molecule has 2 heteroatoms. The largest absolute Gasteiger partial charge is 0.325 e. The lowest BCUT2D eigenvalue weighted by Crippen LogP contribution is -1.97. The van der Waals surface area contributed by atoms with Gasteiger partial charge in [-0.05, 0) is 13.1 Å². The van der Waals surface area contributed by atoms with Crippen LogP contribution in [0.25, 0.3) is 0 Å². The fourth-order valence-corrected chi connectivity index (χ4v) is 0.117. The van der Waals surface area contributed by atoms with Gasteiger partial charge in [-0.25, -0.2) is 0 Å². The summed E-state index contributed by atoms with van der Waals surface area (Å²) in [5.41, 5.74) is 0. The summed E-state index contributed by atoms with van der Waals surface area (Å²) in [4.78, 5) is 9.28. The van der Waals surface area contributed by atoms with Crippen molar-refractivity contribution < 1.29 is 4.79 Å². The summed E-state index contributed by atoms with van der Waals surface area (Å²) in [5.74, 6) is 0. The molecule has 1 amide bonds. The number of allylic oxidation sites excluding steroid dienone is 1. The van der Waals surface area contributed by atoms with Crippen molar-refractivity contribution >= 4 is 6.41 Å². The van der Waals surface area contributed by atoms with E-state index in [9.17, 15) is 4.79 Å². The van der Waals surface area contributed by atoms with Crippen LogP contribution in [0.2, 0.25) is 0 Å². The first kappa shape index (κ1) is 5.21. The molecule has 6 heavy (non-hydrogen) atoms. The van der Waals surface area contributed by atoms with Gasteiger partial charge in [-0.1, -0.05) is 6.08 Å². The first-order valence-electron chi connectivity index (χ1n) is 1.65. The average Bonchev–Trinajstić information content (AvgIpc) is 1.61. The van der Waals surface area contributed by atoms with Crippen molar-refractivity contribution in [1.82, 2.24) is 5.32 Å². The van der Waals surface area contributed by atoms with Crippen LogP contribution >= 0.6 is 0 Å². The maximum absolute atomic E-state index is 9.28. The van der Waals surface area contributed by atoms with Crippen LogP contribution in [0.4, 0.5) is 0 Å². The van der Waals surface area contributed by atoms with E-state index in [1.54, 1.807) is 6.08 Å². The zero-order chi connectivity index (χ0) is 4.83. The molecule has 0 aliphatic heterocycles. The van der Waals surface area contributed by atoms with E-state index in [2.05, 4.69) is 5.32 Å². The highest BCUT2D eigenvalue weighted by atomic mass is 16.1. The van der Waals surface area contributed by atoms with Crippen molar-refractivity contribution in [3.05, 3.63) is 12.3 Å². The first-order valence-corrected chi connectivity index (χ1v) is 1.65. The van der Waals surface area contributed by atoms with Gasteiger partial charge < -0.3 is 5.32 Å². The van der Waals surface area contributed by atoms with Gasteiger partial charge in [-0.3, -0.25) is 4.79 Å². The third-order valence-corrected chi connectivity index (χ3v) is 0.309. The highest BCUT2D eigenvalue weighted by molar-refractivity contribution is 5.48. The molecule has 0 aromatic carbocycles. The molecular formula is C4H6NO. The zero-order valence-electron chi connectivity index (χ0n) is 3.56. The lowest BCUT2D eigenvalue weighted by molar-refractivity contribution is 0.550. The molecule has 2 nitrogen and oxygen atoms in total. The van der Waals surface area contributed by atoms with Crippen LogP contribution in [0.1, 0.15) is 6.92 Å². The minimum Gasteiger partial charge on any atom is -0.325 e. The fourth-order valence-electron chi connectivity index (χ4n) is 0.117. The smallest absolute Gasteiger partial charge is 0.313 e. The highest BCUT2D eigenvalue weighted by Gasteiger charge is 1.59. The second kappa shape index (κ2) is 4.21. The number of carbonyl (C=O) groups excluding carboxylic acids is 1. The van der Waals surface area contributed by atoms with Crippen LogP contribution in [-0.4, -0.2) is 6.41 Å². The predicted octanol–water partition coefficient (Wildman–Crippen LogP) is 0.177. The van der Waals surface area contributed by atoms with Crippen molar-refractivity contribution in [2.24, 2.45) is 0 Å². The first-order chi connectivity index (χ1) is 2.91. The minimum atomic E-state index is 1.48. The van der Waals surface area contributed by atoms with Gasteiger partial charge in [0, 0.05) is 0 Å². The average molecular weight is 84.1 g/mol. The molecule has 0 aromatic rings. The topological polar surface area (TPSA) is 29.1 Å². The van der Waals surface area contributed by atoms with Gasteiger partial charge in [-0.15, -0.1) is 0 Å². The number of hydrogen-bond donors (Lipinski definition) is 1. The van der Waals surface area contributed by atoms with E-state index in [-0.39, 0.29) is 0 Å². The maximum Gasteiger partial charge on any atom is 0.313 e. The molecule has 0 heterocycles. The predicted molar refractivity (Wildman–Crippen MR) is 23.6 cm³/mol. The van der Waals surface area contributed by atoms with Crippen molar-refractivity contribution in [1.29, 1.82) is 0 Å². The van der Waals surface area contributed by atoms with Gasteiger partial charge in [-0.2, -0.15) is 0 Å². The van der Waals surface area contributed by atoms with Crippen molar-refractivity contribution in [2.45, 2.75) is 6.92 Å². The van der Waals surface area contributed by atoms with Gasteiger partial charge in [0.25, 0.3) is 0 Å². The third-order valence-electron chi connectivity index (χ3n) is 0.309. The number of amides is 1. The van der Waals surface area contributed by atoms with E-state index in [0.29, 0.717) is 0 Å². The molecule has 0 aromatic heterocycles. The molecule has 0 aliphatic rings. The van der Waals surface area contributed by atoms with Gasteiger partial charge in [0.2, 0.25) is 0 Å². The van der Waals surface area contributed by atoms with Crippen molar-refractivity contribution in [2.75, 3.05) is 0 Å². The van der Waals surface area contributed by atoms with E-state index >= 15 is 0 Å². The molecule has 0 unspecified atom stereocenters. The van der Waals surface area contributed by atoms with E-state index < -0.39 is 0 Å². The van der Waals surface area contributed by atoms with Crippen LogP contribution in [-0.2, 0) is 4.79 Å². The molecule has 0 bridgehead atoms. The Balaban J connectivity index is 2.85. The van der Waals surface area contributed by atoms with Gasteiger partial charge >= 0.3 is 6.41 Å². The molecule has 1 radical (unpaired) electrons. The maximum atomic E-state index is 9.28. The zero-order valence-corrected chi connectivity index (χ0v) is 3.56. The Labute approximate surface area is 36.9 Å². The molecule has 0 saturated carbocycles. The Morgan fingerprint density at radius 3 is 2.67 bits per heavy atom. The fraction of sp³-hybridized carbons (Fsp3) is 0.250. The molecule has 0 rings (SSSR count). The van der Waals surface area contributed by atoms with Gasteiger partial charge in [0.15, 0.2) is 0 Å². The Morgan fingerprint density at radius 1 is 1.83 bits per heavy atom. The summed E-state index contributed by atoms with van der Waals surface area (Å²) < 4.78 is 0. The van der Waals surface area contributed by atoms with Crippen molar-refractivity contribution in [3.63, 3.8) is 0 Å². The molecule has 0 spiro atoms. The Hall–Kier alpha value is -0.790. The van der Waals surface area contributed by atoms with Crippen LogP contribution in [0.3, 0.4) is 0 Å². The second-order valence-electron chi connectivity index (χ2n) is 0.746. The number of hydrogen-bond acceptors (Lipinski definition) is 1. The normalized spacial score (nSPS) is 8.83. The van der Waals surface area contributed by atoms with Crippen LogP contribution in [0, 0.1) is 0 Å². The van der Waals surface area contributed by atoms with E-state index in [4.69, 9.17) is 0 Å². The molecule has 0 atom stereocenters. The molecule has 0 fully saturated rings. The molecule has 0 saturated heterocycles. The van der Waals surface area contributed by atoms with Crippen LogP contribution < -0.4 is 5.32 Å². The quantitative estimate of drug-likeness (QED) is 0.475. The van der Waals surface area contributed by atoms with Gasteiger partial charge in [0.1, 0.15) is 0 Å². The summed E-state index contributed by atoms with van der Waals surface area (Å²) in [6.07, 6.45) is 4.70. The lowest BCUT2D eigenvalue weighted by Gasteiger charge is -1.72. The van der Waals surface area contributed by atoms with Crippen molar-refractivity contribution in [3.8, 4) is 0 Å². The molecule has 33 valence electrons. The summed E-state index contributed by atoms with van der Waals surface area (Å²) in [6, 6.07) is 0. The van der Waals surface area contributed by atoms with Crippen LogP contribution in [0.15, 0.2) is 12.3 Å². The summed E-state index contributed by atoms with van der Waals surface area (Å²) in [6.45, 7) is 1.81. The summed E-state index contributed by atoms with van der Waals surface area (Å²) in [5, 5.41) is 2.21. The number of rotatable bonds is 2.